The number of ether oxygens (including phenoxy) is 3. The van der Waals surface area contributed by atoms with Gasteiger partial charge in [-0.25, -0.2) is 9.79 Å². The normalized spacial score (nSPS) is 18.3. The third kappa shape index (κ3) is 6.33. The van der Waals surface area contributed by atoms with Gasteiger partial charge in [-0.15, -0.1) is 0 Å². The van der Waals surface area contributed by atoms with E-state index in [1.807, 2.05) is 31.2 Å². The minimum absolute atomic E-state index is 0.212. The van der Waals surface area contributed by atoms with E-state index < -0.39 is 11.9 Å². The van der Waals surface area contributed by atoms with Crippen molar-refractivity contribution in [2.75, 3.05) is 13.2 Å². The van der Waals surface area contributed by atoms with E-state index in [9.17, 15) is 9.18 Å². The SMILES string of the molecule is CCCOc1ccc(C(=O)OC2(F)C=NC(c3ccc(OCC(C)CC)cc3)=CN2)cc1. The van der Waals surface area contributed by atoms with Gasteiger partial charge in [0.15, 0.2) is 0 Å². The topological polar surface area (TPSA) is 69.2 Å². The fourth-order valence-electron chi connectivity index (χ4n) is 2.79. The maximum absolute atomic E-state index is 14.9. The van der Waals surface area contributed by atoms with Crippen LogP contribution in [0.4, 0.5) is 4.39 Å². The summed E-state index contributed by atoms with van der Waals surface area (Å²) >= 11 is 0. The molecule has 2 atom stereocenters. The number of carbonyl (C=O) groups is 1. The summed E-state index contributed by atoms with van der Waals surface area (Å²) in [5.41, 5.74) is 1.50. The molecule has 0 saturated carbocycles. The highest BCUT2D eigenvalue weighted by Crippen LogP contribution is 2.24. The Balaban J connectivity index is 1.56. The Morgan fingerprint density at radius 3 is 2.31 bits per heavy atom. The molecular weight excluding hydrogens is 411 g/mol. The van der Waals surface area contributed by atoms with Crippen molar-refractivity contribution in [1.82, 2.24) is 5.32 Å². The van der Waals surface area contributed by atoms with Crippen molar-refractivity contribution in [2.45, 2.75) is 39.6 Å². The maximum Gasteiger partial charge on any atom is 0.369 e. The lowest BCUT2D eigenvalue weighted by atomic mass is 10.1. The van der Waals surface area contributed by atoms with Crippen LogP contribution in [0.15, 0.2) is 59.7 Å². The minimum atomic E-state index is -2.53. The fourth-order valence-corrected chi connectivity index (χ4v) is 2.79. The van der Waals surface area contributed by atoms with Crippen molar-refractivity contribution in [2.24, 2.45) is 10.9 Å². The number of nitrogens with one attached hydrogen (secondary N) is 1. The number of esters is 1. The van der Waals surface area contributed by atoms with E-state index in [0.29, 0.717) is 30.6 Å². The van der Waals surface area contributed by atoms with Gasteiger partial charge in [-0.05, 0) is 60.9 Å². The molecule has 1 aliphatic heterocycles. The zero-order chi connectivity index (χ0) is 23.0. The largest absolute Gasteiger partial charge is 0.494 e. The molecule has 2 unspecified atom stereocenters. The molecule has 2 aromatic carbocycles. The fraction of sp³-hybridized carbons (Fsp3) is 0.360. The van der Waals surface area contributed by atoms with Gasteiger partial charge < -0.3 is 19.5 Å². The summed E-state index contributed by atoms with van der Waals surface area (Å²) in [6, 6.07) is 13.7. The third-order valence-corrected chi connectivity index (χ3v) is 4.96. The lowest BCUT2D eigenvalue weighted by Gasteiger charge is -2.24. The summed E-state index contributed by atoms with van der Waals surface area (Å²) in [7, 11) is 0. The third-order valence-electron chi connectivity index (χ3n) is 4.96. The van der Waals surface area contributed by atoms with E-state index in [1.54, 1.807) is 12.1 Å². The van der Waals surface area contributed by atoms with Crippen molar-refractivity contribution in [3.05, 3.63) is 65.9 Å². The molecule has 0 spiro atoms. The summed E-state index contributed by atoms with van der Waals surface area (Å²) in [5, 5.41) is 2.47. The van der Waals surface area contributed by atoms with Crippen molar-refractivity contribution < 1.29 is 23.4 Å². The van der Waals surface area contributed by atoms with Gasteiger partial charge in [-0.2, -0.15) is 4.39 Å². The van der Waals surface area contributed by atoms with Crippen LogP contribution < -0.4 is 14.8 Å². The Labute approximate surface area is 188 Å². The summed E-state index contributed by atoms with van der Waals surface area (Å²) in [5.74, 6) is -1.45. The lowest BCUT2D eigenvalue weighted by molar-refractivity contribution is -0.0638. The van der Waals surface area contributed by atoms with E-state index in [1.165, 1.54) is 18.3 Å². The Morgan fingerprint density at radius 1 is 1.06 bits per heavy atom. The van der Waals surface area contributed by atoms with Crippen LogP contribution in [0.25, 0.3) is 5.70 Å². The first-order valence-corrected chi connectivity index (χ1v) is 10.8. The molecule has 3 rings (SSSR count). The molecule has 0 radical (unpaired) electrons. The average molecular weight is 441 g/mol. The minimum Gasteiger partial charge on any atom is -0.494 e. The van der Waals surface area contributed by atoms with Gasteiger partial charge in [0.1, 0.15) is 17.7 Å². The number of alkyl halides is 1. The number of halogens is 1. The number of benzene rings is 2. The zero-order valence-electron chi connectivity index (χ0n) is 18.6. The molecule has 7 heteroatoms. The Morgan fingerprint density at radius 2 is 1.72 bits per heavy atom. The molecule has 0 aromatic heterocycles. The number of rotatable bonds is 10. The number of hydrogen-bond acceptors (Lipinski definition) is 6. The van der Waals surface area contributed by atoms with Gasteiger partial charge in [-0.3, -0.25) is 0 Å². The number of aliphatic imine (C=N–C) groups is 1. The second kappa shape index (κ2) is 10.8. The van der Waals surface area contributed by atoms with E-state index in [-0.39, 0.29) is 5.56 Å². The van der Waals surface area contributed by atoms with Crippen LogP contribution in [-0.4, -0.2) is 31.4 Å². The van der Waals surface area contributed by atoms with Crippen LogP contribution in [0.1, 0.15) is 49.5 Å². The summed E-state index contributed by atoms with van der Waals surface area (Å²) in [6.07, 6.45) is 4.25. The van der Waals surface area contributed by atoms with Gasteiger partial charge in [0.05, 0.1) is 24.5 Å². The van der Waals surface area contributed by atoms with E-state index in [4.69, 9.17) is 14.2 Å². The molecule has 0 amide bonds. The first-order valence-electron chi connectivity index (χ1n) is 10.8. The Hall–Kier alpha value is -3.35. The predicted octanol–water partition coefficient (Wildman–Crippen LogP) is 5.35. The summed E-state index contributed by atoms with van der Waals surface area (Å²) in [6.45, 7) is 7.50. The quantitative estimate of drug-likeness (QED) is 0.398. The molecule has 0 aliphatic carbocycles. The molecule has 1 heterocycles. The highest BCUT2D eigenvalue weighted by molar-refractivity contribution is 5.92. The summed E-state index contributed by atoms with van der Waals surface area (Å²) < 4.78 is 31.1. The average Bonchev–Trinajstić information content (AvgIpc) is 2.82. The smallest absolute Gasteiger partial charge is 0.369 e. The van der Waals surface area contributed by atoms with Crippen LogP contribution in [0.2, 0.25) is 0 Å². The van der Waals surface area contributed by atoms with Crippen LogP contribution in [0, 0.1) is 5.92 Å². The van der Waals surface area contributed by atoms with Gasteiger partial charge >= 0.3 is 11.9 Å². The molecule has 1 N–H and O–H groups in total. The number of hydrogen-bond donors (Lipinski definition) is 1. The van der Waals surface area contributed by atoms with Crippen LogP contribution in [0.3, 0.4) is 0 Å². The van der Waals surface area contributed by atoms with Crippen LogP contribution in [-0.2, 0) is 4.74 Å². The molecule has 0 saturated heterocycles. The molecule has 32 heavy (non-hydrogen) atoms. The molecule has 6 nitrogen and oxygen atoms in total. The van der Waals surface area contributed by atoms with E-state index >= 15 is 0 Å². The van der Waals surface area contributed by atoms with Gasteiger partial charge in [0.25, 0.3) is 0 Å². The zero-order valence-corrected chi connectivity index (χ0v) is 18.6. The van der Waals surface area contributed by atoms with Crippen molar-refractivity contribution in [1.29, 1.82) is 0 Å². The first-order chi connectivity index (χ1) is 15.4. The Bertz CT molecular complexity index is 957. The lowest BCUT2D eigenvalue weighted by Crippen LogP contribution is -2.45. The predicted molar refractivity (Wildman–Crippen MR) is 122 cm³/mol. The standard InChI is InChI=1S/C25H29FN2O4/c1-4-14-30-21-12-8-20(9-13-21)24(29)32-25(26)17-27-23(15-28-25)19-6-10-22(11-7-19)31-16-18(3)5-2/h6-13,15,17-18,28H,4-5,14,16H2,1-3H3. The van der Waals surface area contributed by atoms with Crippen molar-refractivity contribution in [3.8, 4) is 11.5 Å². The second-order valence-electron chi connectivity index (χ2n) is 7.69. The molecule has 2 aromatic rings. The van der Waals surface area contributed by atoms with Crippen molar-refractivity contribution in [3.63, 3.8) is 0 Å². The monoisotopic (exact) mass is 440 g/mol. The number of nitrogens with zero attached hydrogens (tertiary/aromatic N) is 1. The van der Waals surface area contributed by atoms with Gasteiger partial charge in [0, 0.05) is 11.8 Å². The molecular formula is C25H29FN2O4. The van der Waals surface area contributed by atoms with E-state index in [0.717, 1.165) is 30.4 Å². The highest BCUT2D eigenvalue weighted by atomic mass is 19.2. The maximum atomic E-state index is 14.9. The van der Waals surface area contributed by atoms with Crippen molar-refractivity contribution >= 4 is 17.9 Å². The van der Waals surface area contributed by atoms with Crippen LogP contribution >= 0.6 is 0 Å². The molecule has 1 aliphatic rings. The highest BCUT2D eigenvalue weighted by Gasteiger charge is 2.34. The molecule has 170 valence electrons. The van der Waals surface area contributed by atoms with E-state index in [2.05, 4.69) is 24.2 Å². The van der Waals surface area contributed by atoms with Gasteiger partial charge in [0.2, 0.25) is 0 Å². The Kier molecular flexibility index (Phi) is 7.87. The van der Waals surface area contributed by atoms with Crippen LogP contribution in [0.5, 0.6) is 11.5 Å². The molecule has 0 bridgehead atoms. The first kappa shape index (κ1) is 23.3. The number of carbonyl (C=O) groups excluding carboxylic acids is 1. The summed E-state index contributed by atoms with van der Waals surface area (Å²) in [4.78, 5) is 16.4. The molecule has 0 fully saturated rings. The second-order valence-corrected chi connectivity index (χ2v) is 7.69. The van der Waals surface area contributed by atoms with Gasteiger partial charge in [-0.1, -0.05) is 27.2 Å².